The van der Waals surface area contributed by atoms with E-state index in [1.165, 1.54) is 33.6 Å². The van der Waals surface area contributed by atoms with Gasteiger partial charge in [0, 0.05) is 19.3 Å². The summed E-state index contributed by atoms with van der Waals surface area (Å²) >= 11 is 0. The Labute approximate surface area is 208 Å². The van der Waals surface area contributed by atoms with Crippen molar-refractivity contribution in [1.82, 2.24) is 19.5 Å². The van der Waals surface area contributed by atoms with Crippen LogP contribution in [-0.4, -0.2) is 49.6 Å². The molecule has 8 heteroatoms. The Bertz CT molecular complexity index is 1440. The average Bonchev–Trinajstić information content (AvgIpc) is 3.54. The molecule has 2 aromatic carbocycles. The maximum atomic E-state index is 13.8. The van der Waals surface area contributed by atoms with Gasteiger partial charge >= 0.3 is 5.97 Å². The van der Waals surface area contributed by atoms with E-state index in [0.29, 0.717) is 30.4 Å². The zero-order chi connectivity index (χ0) is 24.6. The molecule has 182 valence electrons. The number of fused-ring (bicyclic) bond motifs is 2. The van der Waals surface area contributed by atoms with E-state index in [1.807, 2.05) is 23.1 Å². The number of aromatic nitrogens is 3. The summed E-state index contributed by atoms with van der Waals surface area (Å²) < 4.78 is 1.47. The van der Waals surface area contributed by atoms with Gasteiger partial charge in [-0.2, -0.15) is 9.61 Å². The van der Waals surface area contributed by atoms with Crippen LogP contribution < -0.4 is 5.32 Å². The number of nitrogens with zero attached hydrogens (tertiary/aromatic N) is 4. The van der Waals surface area contributed by atoms with E-state index in [2.05, 4.69) is 51.8 Å². The summed E-state index contributed by atoms with van der Waals surface area (Å²) in [7, 11) is 0. The van der Waals surface area contributed by atoms with Crippen LogP contribution in [0.15, 0.2) is 67.0 Å². The van der Waals surface area contributed by atoms with Crippen LogP contribution in [-0.2, 0) is 6.42 Å². The number of benzene rings is 2. The smallest absolute Gasteiger partial charge is 0.341 e. The van der Waals surface area contributed by atoms with Crippen molar-refractivity contribution in [2.45, 2.75) is 37.6 Å². The molecule has 8 nitrogen and oxygen atoms in total. The molecule has 0 bridgehead atoms. The topological polar surface area (TPSA) is 99.8 Å². The summed E-state index contributed by atoms with van der Waals surface area (Å²) in [4.78, 5) is 31.7. The van der Waals surface area contributed by atoms with Gasteiger partial charge in [-0.05, 0) is 48.3 Å². The Morgan fingerprint density at radius 1 is 0.917 bits per heavy atom. The largest absolute Gasteiger partial charge is 0.477 e. The molecule has 3 heterocycles. The van der Waals surface area contributed by atoms with Gasteiger partial charge in [-0.1, -0.05) is 54.6 Å². The minimum absolute atomic E-state index is 0.000329. The first-order valence-electron chi connectivity index (χ1n) is 12.4. The van der Waals surface area contributed by atoms with Crippen LogP contribution in [0.4, 0.5) is 5.82 Å². The van der Waals surface area contributed by atoms with Crippen molar-refractivity contribution in [3.05, 3.63) is 94.8 Å². The number of piperidine rings is 1. The molecule has 1 aliphatic heterocycles. The van der Waals surface area contributed by atoms with Crippen molar-refractivity contribution in [3.8, 4) is 0 Å². The molecule has 0 radical (unpaired) electrons. The Morgan fingerprint density at radius 3 is 2.44 bits per heavy atom. The van der Waals surface area contributed by atoms with Gasteiger partial charge in [-0.25, -0.2) is 9.78 Å². The number of rotatable bonds is 5. The maximum absolute atomic E-state index is 13.8. The van der Waals surface area contributed by atoms with Crippen LogP contribution in [0.25, 0.3) is 5.65 Å². The van der Waals surface area contributed by atoms with E-state index in [-0.39, 0.29) is 23.2 Å². The molecule has 2 aromatic heterocycles. The number of likely N-dealkylation sites (tertiary alicyclic amines) is 1. The minimum atomic E-state index is -1.10. The molecule has 2 N–H and O–H groups in total. The molecular weight excluding hydrogens is 454 g/mol. The van der Waals surface area contributed by atoms with Crippen molar-refractivity contribution in [2.24, 2.45) is 0 Å². The number of carbonyl (C=O) groups excluding carboxylic acids is 1. The van der Waals surface area contributed by atoms with Crippen LogP contribution in [0.2, 0.25) is 0 Å². The number of hydrogen-bond acceptors (Lipinski definition) is 5. The van der Waals surface area contributed by atoms with Gasteiger partial charge in [-0.3, -0.25) is 4.79 Å². The van der Waals surface area contributed by atoms with E-state index in [1.54, 1.807) is 0 Å². The SMILES string of the molecule is O=C(O)c1cnn2c(NC3CCc4ccccc43)c(C(=O)N3CCC(c4ccccc4)CC3)cnc12. The van der Waals surface area contributed by atoms with Crippen molar-refractivity contribution in [1.29, 1.82) is 0 Å². The number of aromatic carboxylic acids is 1. The van der Waals surface area contributed by atoms with Gasteiger partial charge in [0.25, 0.3) is 5.91 Å². The van der Waals surface area contributed by atoms with Crippen LogP contribution in [0.1, 0.15) is 68.6 Å². The van der Waals surface area contributed by atoms with Crippen LogP contribution >= 0.6 is 0 Å². The molecule has 36 heavy (non-hydrogen) atoms. The van der Waals surface area contributed by atoms with Crippen LogP contribution in [0.3, 0.4) is 0 Å². The van der Waals surface area contributed by atoms with Gasteiger partial charge in [0.2, 0.25) is 0 Å². The van der Waals surface area contributed by atoms with E-state index in [9.17, 15) is 14.7 Å². The molecule has 1 atom stereocenters. The highest BCUT2D eigenvalue weighted by Crippen LogP contribution is 2.35. The molecule has 1 aliphatic carbocycles. The predicted octanol–water partition coefficient (Wildman–Crippen LogP) is 4.55. The highest BCUT2D eigenvalue weighted by molar-refractivity contribution is 6.00. The number of anilines is 1. The highest BCUT2D eigenvalue weighted by atomic mass is 16.4. The van der Waals surface area contributed by atoms with E-state index in [4.69, 9.17) is 0 Å². The van der Waals surface area contributed by atoms with Crippen LogP contribution in [0.5, 0.6) is 0 Å². The minimum Gasteiger partial charge on any atom is -0.477 e. The summed E-state index contributed by atoms with van der Waals surface area (Å²) in [6, 6.07) is 18.7. The maximum Gasteiger partial charge on any atom is 0.341 e. The lowest BCUT2D eigenvalue weighted by atomic mass is 9.89. The molecule has 1 unspecified atom stereocenters. The van der Waals surface area contributed by atoms with Crippen molar-refractivity contribution >= 4 is 23.3 Å². The first kappa shape index (κ1) is 22.3. The van der Waals surface area contributed by atoms with Gasteiger partial charge < -0.3 is 15.3 Å². The third-order valence-corrected chi connectivity index (χ3v) is 7.48. The lowest BCUT2D eigenvalue weighted by Gasteiger charge is -2.32. The molecule has 1 amide bonds. The predicted molar refractivity (Wildman–Crippen MR) is 135 cm³/mol. The summed E-state index contributed by atoms with van der Waals surface area (Å²) in [6.07, 6.45) is 6.41. The summed E-state index contributed by atoms with van der Waals surface area (Å²) in [5.74, 6) is -0.286. The fraction of sp³-hybridized carbons (Fsp3) is 0.286. The van der Waals surface area contributed by atoms with E-state index in [0.717, 1.165) is 25.7 Å². The van der Waals surface area contributed by atoms with Gasteiger partial charge in [0.05, 0.1) is 12.2 Å². The highest BCUT2D eigenvalue weighted by Gasteiger charge is 2.30. The number of hydrogen-bond donors (Lipinski definition) is 2. The van der Waals surface area contributed by atoms with Gasteiger partial charge in [-0.15, -0.1) is 0 Å². The van der Waals surface area contributed by atoms with Crippen molar-refractivity contribution in [2.75, 3.05) is 18.4 Å². The monoisotopic (exact) mass is 481 g/mol. The normalized spacial score (nSPS) is 17.8. The van der Waals surface area contributed by atoms with Crippen molar-refractivity contribution in [3.63, 3.8) is 0 Å². The summed E-state index contributed by atoms with van der Waals surface area (Å²) in [5.41, 5.74) is 4.42. The molecule has 0 saturated carbocycles. The number of carboxylic acids is 1. The molecule has 4 aromatic rings. The molecule has 6 rings (SSSR count). The Balaban J connectivity index is 1.32. The average molecular weight is 482 g/mol. The molecule has 2 aliphatic rings. The fourth-order valence-corrected chi connectivity index (χ4v) is 5.56. The number of nitrogens with one attached hydrogen (secondary N) is 1. The Morgan fingerprint density at radius 2 is 1.67 bits per heavy atom. The second-order valence-corrected chi connectivity index (χ2v) is 9.53. The zero-order valence-electron chi connectivity index (χ0n) is 19.8. The standard InChI is InChI=1S/C28H27N5O3/c34-27(32-14-12-19(13-15-32)18-6-2-1-3-7-18)22-16-29-25-23(28(35)36)17-30-33(25)26(22)31-24-11-10-20-8-4-5-9-21(20)24/h1-9,16-17,19,24,31H,10-15H2,(H,35,36). The molecular formula is C28H27N5O3. The van der Waals surface area contributed by atoms with E-state index < -0.39 is 5.97 Å². The summed E-state index contributed by atoms with van der Waals surface area (Å²) in [5, 5.41) is 17.4. The Kier molecular flexibility index (Phi) is 5.64. The second kappa shape index (κ2) is 9.11. The van der Waals surface area contributed by atoms with Gasteiger partial charge in [0.15, 0.2) is 5.65 Å². The zero-order valence-corrected chi connectivity index (χ0v) is 19.8. The third-order valence-electron chi connectivity index (χ3n) is 7.48. The molecule has 1 fully saturated rings. The van der Waals surface area contributed by atoms with Crippen molar-refractivity contribution < 1.29 is 14.7 Å². The third kappa shape index (κ3) is 3.88. The van der Waals surface area contributed by atoms with Gasteiger partial charge in [0.1, 0.15) is 16.9 Å². The van der Waals surface area contributed by atoms with E-state index >= 15 is 0 Å². The first-order chi connectivity index (χ1) is 17.6. The first-order valence-corrected chi connectivity index (χ1v) is 12.4. The number of aryl methyl sites for hydroxylation is 1. The second-order valence-electron chi connectivity index (χ2n) is 9.53. The quantitative estimate of drug-likeness (QED) is 0.434. The number of carbonyl (C=O) groups is 2. The lowest BCUT2D eigenvalue weighted by Crippen LogP contribution is -2.38. The summed E-state index contributed by atoms with van der Waals surface area (Å²) in [6.45, 7) is 1.31. The molecule has 0 spiro atoms. The molecule has 1 saturated heterocycles. The van der Waals surface area contributed by atoms with Crippen LogP contribution in [0, 0.1) is 0 Å². The Hall–Kier alpha value is -4.20. The fourth-order valence-electron chi connectivity index (χ4n) is 5.56. The lowest BCUT2D eigenvalue weighted by molar-refractivity contribution is 0.0695. The number of carboxylic acid groups (broad SMARTS) is 1. The number of amides is 1.